The molecule has 0 fully saturated rings. The van der Waals surface area contributed by atoms with Crippen LogP contribution in [0.2, 0.25) is 0 Å². The monoisotopic (exact) mass is 132 g/mol. The molecule has 0 aliphatic heterocycles. The van der Waals surface area contributed by atoms with Crippen LogP contribution in [0.3, 0.4) is 0 Å². The van der Waals surface area contributed by atoms with Crippen molar-refractivity contribution in [1.82, 2.24) is 10.2 Å². The van der Waals surface area contributed by atoms with E-state index in [0.717, 1.165) is 0 Å². The quantitative estimate of drug-likeness (QED) is 0.420. The molecule has 0 unspecified atom stereocenters. The normalized spacial score (nSPS) is 6.62. The van der Waals surface area contributed by atoms with Gasteiger partial charge in [0.2, 0.25) is 5.75 Å². The first-order chi connectivity index (χ1) is 3.91. The summed E-state index contributed by atoms with van der Waals surface area (Å²) in [5, 5.41) is 6.21. The summed E-state index contributed by atoms with van der Waals surface area (Å²) in [6, 6.07) is 1.83. The first-order valence-corrected chi connectivity index (χ1v) is 2.33. The van der Waals surface area contributed by atoms with Crippen LogP contribution in [0.4, 0.5) is 0 Å². The molecular weight excluding hydrogens is 128 g/mol. The number of carbonyl (C=O) groups excluding carboxylic acids is 1. The average Bonchev–Trinajstić information content (AvgIpc) is 2.17. The fraction of sp³-hybridized carbons (Fsp3) is 0. The lowest BCUT2D eigenvalue weighted by atomic mass is 10.8. The Balaban J connectivity index is 0.000000145. The molecule has 0 aliphatic carbocycles. The van der Waals surface area contributed by atoms with Crippen molar-refractivity contribution in [2.45, 2.75) is 0 Å². The van der Waals surface area contributed by atoms with Crippen molar-refractivity contribution in [3.63, 3.8) is 0 Å². The number of nitrogens with zero attached hydrogens (tertiary/aromatic N) is 1. The first-order valence-electron chi connectivity index (χ1n) is 1.89. The molecule has 0 atom stereocenters. The molecule has 0 amide bonds. The summed E-state index contributed by atoms with van der Waals surface area (Å²) in [6.45, 7) is 0. The third-order valence-electron chi connectivity index (χ3n) is 0.406. The van der Waals surface area contributed by atoms with Crippen molar-refractivity contribution in [3.8, 4) is 0 Å². The van der Waals surface area contributed by atoms with Gasteiger partial charge in [0.25, 0.3) is 0 Å². The predicted octanol–water partition coefficient (Wildman–Crippen LogP) is 0.825. The number of hydrogen-bond acceptors (Lipinski definition) is 2. The molecule has 0 saturated heterocycles. The van der Waals surface area contributed by atoms with E-state index >= 15 is 0 Å². The molecule has 0 bridgehead atoms. The van der Waals surface area contributed by atoms with Crippen LogP contribution >= 0.6 is 11.6 Å². The van der Waals surface area contributed by atoms with E-state index in [-0.39, 0.29) is 5.75 Å². The molecule has 3 nitrogen and oxygen atoms in total. The molecule has 4 heteroatoms. The van der Waals surface area contributed by atoms with Gasteiger partial charge < -0.3 is 0 Å². The highest BCUT2D eigenvalue weighted by Crippen LogP contribution is 1.64. The molecule has 0 radical (unpaired) electrons. The topological polar surface area (TPSA) is 45.8 Å². The third kappa shape index (κ3) is 5.17. The molecule has 0 spiro atoms. The summed E-state index contributed by atoms with van der Waals surface area (Å²) in [5.41, 5.74) is 0. The van der Waals surface area contributed by atoms with E-state index in [2.05, 4.69) is 21.8 Å². The van der Waals surface area contributed by atoms with Gasteiger partial charge >= 0.3 is 0 Å². The van der Waals surface area contributed by atoms with Crippen LogP contribution in [0.25, 0.3) is 0 Å². The molecule has 1 rings (SSSR count). The van der Waals surface area contributed by atoms with E-state index in [1.54, 1.807) is 12.4 Å². The van der Waals surface area contributed by atoms with Gasteiger partial charge in [0.1, 0.15) is 0 Å². The zero-order valence-electron chi connectivity index (χ0n) is 4.04. The number of H-pyrrole nitrogens is 1. The number of aromatic nitrogens is 2. The fourth-order valence-corrected chi connectivity index (χ4v) is 0.215. The SMILES string of the molecule is O=CCl.c1cn[nH]c1. The van der Waals surface area contributed by atoms with Gasteiger partial charge in [-0.15, -0.1) is 0 Å². The Hall–Kier alpha value is -0.830. The van der Waals surface area contributed by atoms with Gasteiger partial charge in [-0.05, 0) is 17.7 Å². The average molecular weight is 133 g/mol. The molecule has 1 heterocycles. The van der Waals surface area contributed by atoms with E-state index in [9.17, 15) is 0 Å². The number of halogens is 1. The summed E-state index contributed by atoms with van der Waals surface area (Å²) in [6.07, 6.45) is 3.46. The minimum Gasteiger partial charge on any atom is -0.286 e. The van der Waals surface area contributed by atoms with Crippen molar-refractivity contribution < 1.29 is 4.79 Å². The van der Waals surface area contributed by atoms with Gasteiger partial charge in [-0.25, -0.2) is 0 Å². The molecular formula is C4H5ClN2O. The Kier molecular flexibility index (Phi) is 5.53. The molecule has 1 aromatic rings. The van der Waals surface area contributed by atoms with Crippen molar-refractivity contribution in [3.05, 3.63) is 18.5 Å². The summed E-state index contributed by atoms with van der Waals surface area (Å²) < 4.78 is 0. The third-order valence-corrected chi connectivity index (χ3v) is 0.406. The van der Waals surface area contributed by atoms with E-state index < -0.39 is 0 Å². The largest absolute Gasteiger partial charge is 0.286 e. The second kappa shape index (κ2) is 6.17. The zero-order chi connectivity index (χ0) is 6.24. The molecule has 0 aliphatic rings. The molecule has 8 heavy (non-hydrogen) atoms. The van der Waals surface area contributed by atoms with Crippen LogP contribution in [0, 0.1) is 0 Å². The van der Waals surface area contributed by atoms with Crippen molar-refractivity contribution in [2.24, 2.45) is 0 Å². The van der Waals surface area contributed by atoms with Gasteiger partial charge in [0, 0.05) is 12.4 Å². The minimum atomic E-state index is 0.222. The Morgan fingerprint density at radius 3 is 2.50 bits per heavy atom. The van der Waals surface area contributed by atoms with Crippen LogP contribution < -0.4 is 0 Å². The second-order valence-electron chi connectivity index (χ2n) is 0.855. The molecule has 0 aromatic carbocycles. The second-order valence-corrected chi connectivity index (χ2v) is 1.03. The van der Waals surface area contributed by atoms with Crippen molar-refractivity contribution >= 4 is 17.3 Å². The van der Waals surface area contributed by atoms with E-state index in [1.807, 2.05) is 6.07 Å². The Morgan fingerprint density at radius 1 is 1.75 bits per heavy atom. The van der Waals surface area contributed by atoms with Crippen LogP contribution in [0.5, 0.6) is 0 Å². The number of rotatable bonds is 0. The van der Waals surface area contributed by atoms with Gasteiger partial charge in [0.15, 0.2) is 0 Å². The number of nitrogens with one attached hydrogen (secondary N) is 1. The molecule has 0 saturated carbocycles. The number of aromatic amines is 1. The van der Waals surface area contributed by atoms with E-state index in [0.29, 0.717) is 0 Å². The lowest BCUT2D eigenvalue weighted by Gasteiger charge is -1.49. The Morgan fingerprint density at radius 2 is 2.38 bits per heavy atom. The summed E-state index contributed by atoms with van der Waals surface area (Å²) in [7, 11) is 0. The van der Waals surface area contributed by atoms with Gasteiger partial charge in [0.05, 0.1) is 0 Å². The maximum Gasteiger partial charge on any atom is 0.208 e. The summed E-state index contributed by atoms with van der Waals surface area (Å²) in [5.74, 6) is 0.222. The van der Waals surface area contributed by atoms with Crippen LogP contribution in [-0.4, -0.2) is 15.9 Å². The smallest absolute Gasteiger partial charge is 0.208 e. The predicted molar refractivity (Wildman–Crippen MR) is 31.2 cm³/mol. The highest BCUT2D eigenvalue weighted by Gasteiger charge is 1.56. The van der Waals surface area contributed by atoms with Crippen LogP contribution in [0.1, 0.15) is 0 Å². The van der Waals surface area contributed by atoms with E-state index in [4.69, 9.17) is 4.79 Å². The number of hydrogen-bond donors (Lipinski definition) is 1. The lowest BCUT2D eigenvalue weighted by Crippen LogP contribution is -1.53. The molecule has 1 N–H and O–H groups in total. The van der Waals surface area contributed by atoms with Gasteiger partial charge in [-0.3, -0.25) is 9.89 Å². The van der Waals surface area contributed by atoms with E-state index in [1.165, 1.54) is 0 Å². The van der Waals surface area contributed by atoms with Gasteiger partial charge in [-0.2, -0.15) is 5.10 Å². The zero-order valence-corrected chi connectivity index (χ0v) is 4.80. The van der Waals surface area contributed by atoms with Crippen LogP contribution in [-0.2, 0) is 4.79 Å². The molecule has 44 valence electrons. The Labute approximate surface area is 51.7 Å². The lowest BCUT2D eigenvalue weighted by molar-refractivity contribution is 0.569. The Bertz CT molecular complexity index is 100. The minimum absolute atomic E-state index is 0.222. The highest BCUT2D eigenvalue weighted by atomic mass is 35.5. The van der Waals surface area contributed by atoms with Crippen molar-refractivity contribution in [2.75, 3.05) is 0 Å². The van der Waals surface area contributed by atoms with Gasteiger partial charge in [-0.1, -0.05) is 0 Å². The highest BCUT2D eigenvalue weighted by molar-refractivity contribution is 6.54. The number of carbonyl (C=O) groups is 1. The first kappa shape index (κ1) is 7.17. The molecule has 1 aromatic heterocycles. The van der Waals surface area contributed by atoms with Crippen LogP contribution in [0.15, 0.2) is 18.5 Å². The maximum atomic E-state index is 8.57. The maximum absolute atomic E-state index is 8.57. The fourth-order valence-electron chi connectivity index (χ4n) is 0.215. The van der Waals surface area contributed by atoms with Crippen molar-refractivity contribution in [1.29, 1.82) is 0 Å². The standard InChI is InChI=1S/C3H4N2.CHClO/c1-2-4-5-3-1;2-1-3/h1-3H,(H,4,5);1H. The summed E-state index contributed by atoms with van der Waals surface area (Å²) >= 11 is 4.32. The summed E-state index contributed by atoms with van der Waals surface area (Å²) in [4.78, 5) is 8.57.